The molecule has 290 valence electrons. The van der Waals surface area contributed by atoms with Crippen LogP contribution in [0.25, 0.3) is 88.4 Å². The van der Waals surface area contributed by atoms with Crippen molar-refractivity contribution in [2.24, 2.45) is 0 Å². The van der Waals surface area contributed by atoms with Gasteiger partial charge in [-0.25, -0.2) is 0 Å². The molecule has 0 fully saturated rings. The van der Waals surface area contributed by atoms with Gasteiger partial charge in [0.05, 0.1) is 45.1 Å². The number of fused-ring (bicyclic) bond motifs is 6. The van der Waals surface area contributed by atoms with Crippen molar-refractivity contribution in [2.75, 3.05) is 0 Å². The van der Waals surface area contributed by atoms with Crippen molar-refractivity contribution in [3.8, 4) is 50.8 Å². The molecule has 3 heterocycles. The van der Waals surface area contributed by atoms with Crippen molar-refractivity contribution in [2.45, 2.75) is 55.4 Å². The zero-order chi connectivity index (χ0) is 41.6. The second-order valence-electron chi connectivity index (χ2n) is 16.9. The van der Waals surface area contributed by atoms with Crippen LogP contribution in [0, 0.1) is 66.7 Å². The fraction of sp³-hybridized carbons (Fsp3) is 0.143. The lowest BCUT2D eigenvalue weighted by atomic mass is 9.93. The number of hydrogen-bond donors (Lipinski definition) is 0. The highest BCUT2D eigenvalue weighted by atomic mass is 15.1. The van der Waals surface area contributed by atoms with Crippen LogP contribution < -0.4 is 0 Å². The SMILES string of the molecule is Cc1cc(C)c(-c2ccc3c4ccccc4n(-c4cc(C#N)c(-c5cc(C)nc(C)c5)cc4-n4c5ccccc5c5ccc(-c6c(C)cc(C)cc6C)cc54)c3c2)c(C)c1. The van der Waals surface area contributed by atoms with Crippen molar-refractivity contribution < 1.29 is 0 Å². The first-order valence-corrected chi connectivity index (χ1v) is 20.8. The molecule has 0 saturated carbocycles. The molecule has 0 bridgehead atoms. The first kappa shape index (κ1) is 37.1. The molecule has 0 N–H and O–H groups in total. The van der Waals surface area contributed by atoms with Crippen LogP contribution in [-0.2, 0) is 0 Å². The number of nitriles is 1. The van der Waals surface area contributed by atoms with Crippen LogP contribution in [0.5, 0.6) is 0 Å². The first-order valence-electron chi connectivity index (χ1n) is 20.8. The van der Waals surface area contributed by atoms with Crippen molar-refractivity contribution in [3.05, 3.63) is 184 Å². The van der Waals surface area contributed by atoms with E-state index in [9.17, 15) is 5.26 Å². The molecule has 7 aromatic carbocycles. The topological polar surface area (TPSA) is 46.5 Å². The van der Waals surface area contributed by atoms with Gasteiger partial charge >= 0.3 is 0 Å². The minimum atomic E-state index is 0.610. The maximum atomic E-state index is 11.1. The largest absolute Gasteiger partial charge is 0.307 e. The Balaban J connectivity index is 1.37. The highest BCUT2D eigenvalue weighted by Crippen LogP contribution is 2.43. The summed E-state index contributed by atoms with van der Waals surface area (Å²) in [7, 11) is 0. The fourth-order valence-electron chi connectivity index (χ4n) is 10.3. The summed E-state index contributed by atoms with van der Waals surface area (Å²) in [6.45, 7) is 17.2. The Morgan fingerprint density at radius 1 is 0.417 bits per heavy atom. The predicted octanol–water partition coefficient (Wildman–Crippen LogP) is 14.6. The standard InChI is InChI=1S/C56H46N4/c1-32-21-34(3)55(35(4)22-32)40-17-19-46-44-13-9-11-15-49(44)59(51(46)27-40)53-29-43(31-57)48(42-25-38(7)58-39(8)26-42)30-54(53)60-50-16-12-10-14-45(50)47-20-18-41(28-52(47)60)56-36(5)23-33(2)24-37(56)6/h9-30H,1-8H3. The van der Waals surface area contributed by atoms with E-state index in [0.29, 0.717) is 5.56 Å². The zero-order valence-corrected chi connectivity index (χ0v) is 35.5. The molecular formula is C56H46N4. The average Bonchev–Trinajstić information content (AvgIpc) is 3.71. The molecule has 4 heteroatoms. The van der Waals surface area contributed by atoms with E-state index in [1.807, 2.05) is 13.8 Å². The Kier molecular flexibility index (Phi) is 8.63. The van der Waals surface area contributed by atoms with Gasteiger partial charge in [-0.3, -0.25) is 4.98 Å². The normalized spacial score (nSPS) is 11.7. The highest BCUT2D eigenvalue weighted by Gasteiger charge is 2.24. The summed E-state index contributed by atoms with van der Waals surface area (Å²) in [5, 5.41) is 15.8. The van der Waals surface area contributed by atoms with Gasteiger partial charge in [0.2, 0.25) is 0 Å². The molecule has 0 radical (unpaired) electrons. The van der Waals surface area contributed by atoms with Crippen LogP contribution in [0.2, 0.25) is 0 Å². The van der Waals surface area contributed by atoms with Crippen molar-refractivity contribution >= 4 is 43.6 Å². The van der Waals surface area contributed by atoms with Gasteiger partial charge in [-0.05, 0) is 154 Å². The van der Waals surface area contributed by atoms with E-state index >= 15 is 0 Å². The number of rotatable bonds is 5. The lowest BCUT2D eigenvalue weighted by Gasteiger charge is -2.20. The summed E-state index contributed by atoms with van der Waals surface area (Å²) in [6, 6.07) is 51.6. The van der Waals surface area contributed by atoms with E-state index in [1.54, 1.807) is 0 Å². The third kappa shape index (κ3) is 5.84. The van der Waals surface area contributed by atoms with Gasteiger partial charge in [0.25, 0.3) is 0 Å². The number of pyridine rings is 1. The van der Waals surface area contributed by atoms with Crippen LogP contribution in [0.3, 0.4) is 0 Å². The summed E-state index contributed by atoms with van der Waals surface area (Å²) in [6.07, 6.45) is 0. The zero-order valence-electron chi connectivity index (χ0n) is 35.5. The number of aryl methyl sites for hydroxylation is 8. The summed E-state index contributed by atoms with van der Waals surface area (Å²) in [5.74, 6) is 0. The van der Waals surface area contributed by atoms with Gasteiger partial charge in [-0.2, -0.15) is 5.26 Å². The van der Waals surface area contributed by atoms with E-state index in [4.69, 9.17) is 4.98 Å². The van der Waals surface area contributed by atoms with Crippen LogP contribution in [-0.4, -0.2) is 14.1 Å². The number of aromatic nitrogens is 3. The van der Waals surface area contributed by atoms with Gasteiger partial charge < -0.3 is 9.13 Å². The number of benzene rings is 7. The minimum absolute atomic E-state index is 0.610. The molecule has 4 nitrogen and oxygen atoms in total. The Morgan fingerprint density at radius 2 is 0.833 bits per heavy atom. The lowest BCUT2D eigenvalue weighted by Crippen LogP contribution is -2.06. The molecule has 0 aliphatic carbocycles. The van der Waals surface area contributed by atoms with E-state index in [-0.39, 0.29) is 0 Å². The molecular weight excluding hydrogens is 729 g/mol. The molecule has 0 spiro atoms. The first-order chi connectivity index (χ1) is 29.0. The second-order valence-corrected chi connectivity index (χ2v) is 16.9. The van der Waals surface area contributed by atoms with Gasteiger partial charge in [-0.15, -0.1) is 0 Å². The molecule has 10 rings (SSSR count). The van der Waals surface area contributed by atoms with Gasteiger partial charge in [0.15, 0.2) is 0 Å². The van der Waals surface area contributed by atoms with Gasteiger partial charge in [0, 0.05) is 38.5 Å². The lowest BCUT2D eigenvalue weighted by molar-refractivity contribution is 1.09. The van der Waals surface area contributed by atoms with E-state index in [2.05, 4.69) is 190 Å². The highest BCUT2D eigenvalue weighted by molar-refractivity contribution is 6.13. The molecule has 60 heavy (non-hydrogen) atoms. The molecule has 3 aromatic heterocycles. The van der Waals surface area contributed by atoms with Crippen LogP contribution in [0.1, 0.15) is 50.3 Å². The van der Waals surface area contributed by atoms with Crippen LogP contribution in [0.4, 0.5) is 0 Å². The average molecular weight is 775 g/mol. The van der Waals surface area contributed by atoms with Crippen LogP contribution in [0.15, 0.2) is 133 Å². The molecule has 0 amide bonds. The van der Waals surface area contributed by atoms with Crippen molar-refractivity contribution in [1.82, 2.24) is 14.1 Å². The Labute approximate surface area is 351 Å². The van der Waals surface area contributed by atoms with E-state index < -0.39 is 0 Å². The molecule has 0 unspecified atom stereocenters. The maximum Gasteiger partial charge on any atom is 0.0998 e. The second kappa shape index (κ2) is 14.0. The Hall–Kier alpha value is -7.22. The van der Waals surface area contributed by atoms with E-state index in [1.165, 1.54) is 77.2 Å². The number of para-hydroxylation sites is 2. The van der Waals surface area contributed by atoms with Crippen LogP contribution >= 0.6 is 0 Å². The molecule has 0 aliphatic heterocycles. The van der Waals surface area contributed by atoms with Gasteiger partial charge in [-0.1, -0.05) is 96.1 Å². The fourth-order valence-corrected chi connectivity index (χ4v) is 10.3. The van der Waals surface area contributed by atoms with Crippen molar-refractivity contribution in [1.29, 1.82) is 5.26 Å². The Bertz CT molecular complexity index is 3410. The van der Waals surface area contributed by atoms with Gasteiger partial charge in [0.1, 0.15) is 0 Å². The summed E-state index contributed by atoms with van der Waals surface area (Å²) in [5.41, 5.74) is 23.1. The molecule has 10 aromatic rings. The predicted molar refractivity (Wildman–Crippen MR) is 252 cm³/mol. The molecule has 0 atom stereocenters. The quantitative estimate of drug-likeness (QED) is 0.175. The third-order valence-electron chi connectivity index (χ3n) is 12.4. The minimum Gasteiger partial charge on any atom is -0.307 e. The Morgan fingerprint density at radius 3 is 1.28 bits per heavy atom. The number of hydrogen-bond acceptors (Lipinski definition) is 2. The smallest absolute Gasteiger partial charge is 0.0998 e. The summed E-state index contributed by atoms with van der Waals surface area (Å²) < 4.78 is 4.83. The number of nitrogens with zero attached hydrogens (tertiary/aromatic N) is 4. The monoisotopic (exact) mass is 774 g/mol. The van der Waals surface area contributed by atoms with E-state index in [0.717, 1.165) is 56.0 Å². The third-order valence-corrected chi connectivity index (χ3v) is 12.4. The summed E-state index contributed by atoms with van der Waals surface area (Å²) >= 11 is 0. The van der Waals surface area contributed by atoms with Crippen molar-refractivity contribution in [3.63, 3.8) is 0 Å². The molecule has 0 aliphatic rings. The molecule has 0 saturated heterocycles. The maximum absolute atomic E-state index is 11.1. The summed E-state index contributed by atoms with van der Waals surface area (Å²) in [4.78, 5) is 4.71.